The van der Waals surface area contributed by atoms with Gasteiger partial charge >= 0.3 is 0 Å². The fraction of sp³-hybridized carbons (Fsp3) is 0.400. The zero-order chi connectivity index (χ0) is 11.0. The van der Waals surface area contributed by atoms with E-state index >= 15 is 0 Å². The average molecular weight is 272 g/mol. The Kier molecular flexibility index (Phi) is 2.83. The predicted octanol–water partition coefficient (Wildman–Crippen LogP) is 3.42. The number of hydrogen-bond acceptors (Lipinski definition) is 5. The maximum Gasteiger partial charge on any atom is 0.187 e. The lowest BCUT2D eigenvalue weighted by Crippen LogP contribution is -2.25. The predicted molar refractivity (Wildman–Crippen MR) is 68.4 cm³/mol. The molecule has 3 rings (SSSR count). The van der Waals surface area contributed by atoms with Crippen LogP contribution in [0.15, 0.2) is 17.5 Å². The van der Waals surface area contributed by atoms with E-state index in [4.69, 9.17) is 11.6 Å². The summed E-state index contributed by atoms with van der Waals surface area (Å²) in [5, 5.41) is 2.63. The third kappa shape index (κ3) is 2.07. The summed E-state index contributed by atoms with van der Waals surface area (Å²) < 4.78 is 8.32. The summed E-state index contributed by atoms with van der Waals surface area (Å²) in [5.74, 6) is 0.850. The molecule has 0 saturated heterocycles. The highest BCUT2D eigenvalue weighted by Gasteiger charge is 2.32. The largest absolute Gasteiger partial charge is 0.345 e. The minimum absolute atomic E-state index is 0.536. The number of nitrogens with zero attached hydrogens (tertiary/aromatic N) is 3. The zero-order valence-electron chi connectivity index (χ0n) is 8.47. The van der Waals surface area contributed by atoms with E-state index < -0.39 is 0 Å². The highest BCUT2D eigenvalue weighted by atomic mass is 35.5. The summed E-state index contributed by atoms with van der Waals surface area (Å²) >= 11 is 9.00. The van der Waals surface area contributed by atoms with E-state index in [2.05, 4.69) is 31.2 Å². The second kappa shape index (κ2) is 4.31. The van der Waals surface area contributed by atoms with E-state index in [-0.39, 0.29) is 0 Å². The van der Waals surface area contributed by atoms with Gasteiger partial charge in [-0.2, -0.15) is 8.75 Å². The molecule has 0 N–H and O–H groups in total. The highest BCUT2D eigenvalue weighted by molar-refractivity contribution is 7.09. The van der Waals surface area contributed by atoms with Crippen LogP contribution in [0.2, 0.25) is 5.15 Å². The first-order valence-electron chi connectivity index (χ1n) is 5.11. The number of anilines is 1. The lowest BCUT2D eigenvalue weighted by molar-refractivity contribution is 0.792. The van der Waals surface area contributed by atoms with Gasteiger partial charge in [0, 0.05) is 10.9 Å². The van der Waals surface area contributed by atoms with E-state index in [1.165, 1.54) is 29.4 Å². The fourth-order valence-corrected chi connectivity index (χ4v) is 3.14. The lowest BCUT2D eigenvalue weighted by atomic mass is 10.4. The van der Waals surface area contributed by atoms with Gasteiger partial charge in [0.2, 0.25) is 0 Å². The second-order valence-corrected chi connectivity index (χ2v) is 5.74. The first-order chi connectivity index (χ1) is 7.84. The van der Waals surface area contributed by atoms with Crippen molar-refractivity contribution < 1.29 is 0 Å². The molecule has 2 heterocycles. The Morgan fingerprint density at radius 2 is 2.31 bits per heavy atom. The standard InChI is InChI=1S/C10H10ClN3S2/c11-9-10(13-16-12-9)14(7-3-4-7)6-8-2-1-5-15-8/h1-2,5,7H,3-4,6H2. The summed E-state index contributed by atoms with van der Waals surface area (Å²) in [5.41, 5.74) is 0. The molecule has 0 atom stereocenters. The first-order valence-corrected chi connectivity index (χ1v) is 7.10. The van der Waals surface area contributed by atoms with Gasteiger partial charge in [0.1, 0.15) is 0 Å². The van der Waals surface area contributed by atoms with Gasteiger partial charge in [-0.15, -0.1) is 11.3 Å². The van der Waals surface area contributed by atoms with Crippen molar-refractivity contribution in [1.29, 1.82) is 0 Å². The second-order valence-electron chi connectivity index (χ2n) is 3.82. The first kappa shape index (κ1) is 10.5. The van der Waals surface area contributed by atoms with Crippen molar-refractivity contribution in [3.63, 3.8) is 0 Å². The normalized spacial score (nSPS) is 15.3. The van der Waals surface area contributed by atoms with Gasteiger partial charge in [0.05, 0.1) is 18.3 Å². The molecule has 1 aliphatic rings. The summed E-state index contributed by atoms with van der Waals surface area (Å²) in [6.07, 6.45) is 2.47. The van der Waals surface area contributed by atoms with Gasteiger partial charge in [-0.1, -0.05) is 17.7 Å². The minimum atomic E-state index is 0.536. The number of aromatic nitrogens is 2. The Morgan fingerprint density at radius 3 is 2.88 bits per heavy atom. The summed E-state index contributed by atoms with van der Waals surface area (Å²) in [6, 6.07) is 4.82. The highest BCUT2D eigenvalue weighted by Crippen LogP contribution is 2.36. The molecule has 84 valence electrons. The Labute approximate surface area is 107 Å². The molecular weight excluding hydrogens is 262 g/mol. The monoisotopic (exact) mass is 271 g/mol. The molecule has 0 spiro atoms. The summed E-state index contributed by atoms with van der Waals surface area (Å²) in [7, 11) is 0. The molecule has 0 unspecified atom stereocenters. The third-order valence-electron chi connectivity index (χ3n) is 2.60. The molecule has 0 aliphatic heterocycles. The van der Waals surface area contributed by atoms with Crippen LogP contribution in [-0.4, -0.2) is 14.8 Å². The molecule has 0 radical (unpaired) electrons. The maximum absolute atomic E-state index is 6.05. The van der Waals surface area contributed by atoms with Crippen LogP contribution in [-0.2, 0) is 6.54 Å². The lowest BCUT2D eigenvalue weighted by Gasteiger charge is -2.20. The zero-order valence-corrected chi connectivity index (χ0v) is 10.9. The number of hydrogen-bond donors (Lipinski definition) is 0. The molecule has 1 fully saturated rings. The third-order valence-corrected chi connectivity index (χ3v) is 4.33. The van der Waals surface area contributed by atoms with Crippen LogP contribution in [0.25, 0.3) is 0 Å². The van der Waals surface area contributed by atoms with Gasteiger partial charge in [-0.25, -0.2) is 0 Å². The van der Waals surface area contributed by atoms with Crippen LogP contribution < -0.4 is 4.90 Å². The number of thiophene rings is 1. The van der Waals surface area contributed by atoms with E-state index in [1.54, 1.807) is 11.3 Å². The van der Waals surface area contributed by atoms with Crippen molar-refractivity contribution in [1.82, 2.24) is 8.75 Å². The Balaban J connectivity index is 1.84. The van der Waals surface area contributed by atoms with Gasteiger partial charge in [0.25, 0.3) is 0 Å². The smallest absolute Gasteiger partial charge is 0.187 e. The van der Waals surface area contributed by atoms with Crippen LogP contribution in [0.1, 0.15) is 17.7 Å². The van der Waals surface area contributed by atoms with Gasteiger partial charge in [-0.3, -0.25) is 0 Å². The number of halogens is 1. The fourth-order valence-electron chi connectivity index (χ4n) is 1.68. The molecule has 3 nitrogen and oxygen atoms in total. The molecule has 2 aromatic rings. The van der Waals surface area contributed by atoms with Crippen LogP contribution in [0.3, 0.4) is 0 Å². The van der Waals surface area contributed by atoms with E-state index in [9.17, 15) is 0 Å². The molecular formula is C10H10ClN3S2. The molecule has 1 aliphatic carbocycles. The Hall–Kier alpha value is -0.650. The molecule has 0 aromatic carbocycles. The van der Waals surface area contributed by atoms with E-state index in [0.29, 0.717) is 11.2 Å². The van der Waals surface area contributed by atoms with Crippen LogP contribution in [0.4, 0.5) is 5.82 Å². The SMILES string of the molecule is Clc1nsnc1N(Cc1cccs1)C1CC1. The maximum atomic E-state index is 6.05. The van der Waals surface area contributed by atoms with Crippen LogP contribution in [0.5, 0.6) is 0 Å². The average Bonchev–Trinajstić information content (AvgIpc) is 2.82. The van der Waals surface area contributed by atoms with Gasteiger partial charge < -0.3 is 4.90 Å². The van der Waals surface area contributed by atoms with Crippen LogP contribution in [0, 0.1) is 0 Å². The topological polar surface area (TPSA) is 29.0 Å². The van der Waals surface area contributed by atoms with Gasteiger partial charge in [0.15, 0.2) is 11.0 Å². The van der Waals surface area contributed by atoms with Crippen molar-refractivity contribution in [2.24, 2.45) is 0 Å². The number of rotatable bonds is 4. The van der Waals surface area contributed by atoms with Crippen molar-refractivity contribution >= 4 is 40.5 Å². The Morgan fingerprint density at radius 1 is 1.44 bits per heavy atom. The molecule has 0 bridgehead atoms. The van der Waals surface area contributed by atoms with Crippen molar-refractivity contribution in [3.8, 4) is 0 Å². The molecule has 2 aromatic heterocycles. The Bertz CT molecular complexity index is 464. The summed E-state index contributed by atoms with van der Waals surface area (Å²) in [4.78, 5) is 3.62. The van der Waals surface area contributed by atoms with Crippen molar-refractivity contribution in [2.45, 2.75) is 25.4 Å². The molecule has 1 saturated carbocycles. The molecule has 16 heavy (non-hydrogen) atoms. The minimum Gasteiger partial charge on any atom is -0.345 e. The van der Waals surface area contributed by atoms with Gasteiger partial charge in [-0.05, 0) is 24.3 Å². The molecule has 0 amide bonds. The molecule has 6 heteroatoms. The van der Waals surface area contributed by atoms with Crippen molar-refractivity contribution in [3.05, 3.63) is 27.5 Å². The quantitative estimate of drug-likeness (QED) is 0.853. The summed E-state index contributed by atoms with van der Waals surface area (Å²) in [6.45, 7) is 0.896. The van der Waals surface area contributed by atoms with Crippen molar-refractivity contribution in [2.75, 3.05) is 4.90 Å². The van der Waals surface area contributed by atoms with E-state index in [1.807, 2.05) is 0 Å². The van der Waals surface area contributed by atoms with Crippen LogP contribution >= 0.6 is 34.7 Å². The van der Waals surface area contributed by atoms with E-state index in [0.717, 1.165) is 12.4 Å².